The highest BCUT2D eigenvalue weighted by Crippen LogP contribution is 2.33. The molecule has 0 spiro atoms. The molecule has 1 aliphatic rings. The predicted octanol–water partition coefficient (Wildman–Crippen LogP) is 2.71. The molecule has 3 rings (SSSR count). The second-order valence-corrected chi connectivity index (χ2v) is 4.98. The number of aromatic nitrogens is 2. The Morgan fingerprint density at radius 1 is 1.47 bits per heavy atom. The molecule has 0 aliphatic carbocycles. The molecule has 98 valence electrons. The van der Waals surface area contributed by atoms with Gasteiger partial charge in [-0.15, -0.1) is 0 Å². The summed E-state index contributed by atoms with van der Waals surface area (Å²) in [4.78, 5) is 11.2. The molecule has 2 N–H and O–H groups in total. The van der Waals surface area contributed by atoms with Gasteiger partial charge in [-0.3, -0.25) is 0 Å². The lowest BCUT2D eigenvalue weighted by Gasteiger charge is -2.11. The van der Waals surface area contributed by atoms with Crippen LogP contribution in [0.2, 0.25) is 5.02 Å². The summed E-state index contributed by atoms with van der Waals surface area (Å²) in [5, 5.41) is 17.4. The molecule has 1 aliphatic heterocycles. The number of halogens is 1. The van der Waals surface area contributed by atoms with E-state index < -0.39 is 5.97 Å². The van der Waals surface area contributed by atoms with Gasteiger partial charge in [-0.2, -0.15) is 5.10 Å². The zero-order chi connectivity index (χ0) is 13.6. The number of anilines is 1. The highest BCUT2D eigenvalue weighted by atomic mass is 35.5. The summed E-state index contributed by atoms with van der Waals surface area (Å²) in [6.07, 6.45) is 0. The van der Waals surface area contributed by atoms with Crippen molar-refractivity contribution in [3.8, 4) is 0 Å². The summed E-state index contributed by atoms with van der Waals surface area (Å²) < 4.78 is 1.71. The number of benzene rings is 1. The molecule has 0 amide bonds. The number of carboxylic acids is 1. The molecule has 0 unspecified atom stereocenters. The molecule has 0 radical (unpaired) electrons. The average Bonchev–Trinajstić information content (AvgIpc) is 2.85. The molecule has 1 aromatic carbocycles. The molecular formula is C13H12ClN3O2. The first kappa shape index (κ1) is 12.0. The van der Waals surface area contributed by atoms with E-state index in [1.165, 1.54) is 0 Å². The van der Waals surface area contributed by atoms with Crippen molar-refractivity contribution >= 4 is 23.4 Å². The number of hydrogen-bond donors (Lipinski definition) is 2. The minimum absolute atomic E-state index is 0.0264. The van der Waals surface area contributed by atoms with Crippen molar-refractivity contribution in [2.24, 2.45) is 0 Å². The second kappa shape index (κ2) is 4.28. The summed E-state index contributed by atoms with van der Waals surface area (Å²) >= 11 is 5.86. The van der Waals surface area contributed by atoms with Crippen LogP contribution in [0.5, 0.6) is 0 Å². The van der Waals surface area contributed by atoms with E-state index in [1.54, 1.807) is 11.6 Å². The Kier molecular flexibility index (Phi) is 2.71. The third-order valence-corrected chi connectivity index (χ3v) is 3.53. The fourth-order valence-electron chi connectivity index (χ4n) is 2.38. The SMILES string of the molecule is Cc1nn2c(c1C(=O)O)N[C@@H](c1ccc(Cl)cc1)C2. The number of aromatic carboxylic acids is 1. The van der Waals surface area contributed by atoms with Crippen LogP contribution < -0.4 is 5.32 Å². The van der Waals surface area contributed by atoms with Crippen molar-refractivity contribution < 1.29 is 9.90 Å². The van der Waals surface area contributed by atoms with Crippen LogP contribution in [0.25, 0.3) is 0 Å². The van der Waals surface area contributed by atoms with Gasteiger partial charge in [0.2, 0.25) is 0 Å². The van der Waals surface area contributed by atoms with Gasteiger partial charge in [-0.1, -0.05) is 23.7 Å². The van der Waals surface area contributed by atoms with Gasteiger partial charge in [0.15, 0.2) is 0 Å². The van der Waals surface area contributed by atoms with E-state index in [1.807, 2.05) is 24.3 Å². The third-order valence-electron chi connectivity index (χ3n) is 3.28. The van der Waals surface area contributed by atoms with E-state index in [0.29, 0.717) is 23.1 Å². The van der Waals surface area contributed by atoms with Crippen LogP contribution in [-0.4, -0.2) is 20.9 Å². The normalized spacial score (nSPS) is 17.1. The highest BCUT2D eigenvalue weighted by Gasteiger charge is 2.30. The zero-order valence-electron chi connectivity index (χ0n) is 10.2. The zero-order valence-corrected chi connectivity index (χ0v) is 11.0. The Hall–Kier alpha value is -2.01. The minimum atomic E-state index is -0.956. The Bertz CT molecular complexity index is 649. The second-order valence-electron chi connectivity index (χ2n) is 4.54. The van der Waals surface area contributed by atoms with Gasteiger partial charge in [0.1, 0.15) is 11.4 Å². The average molecular weight is 278 g/mol. The highest BCUT2D eigenvalue weighted by molar-refractivity contribution is 6.30. The number of nitrogens with zero attached hydrogens (tertiary/aromatic N) is 2. The fourth-order valence-corrected chi connectivity index (χ4v) is 2.51. The van der Waals surface area contributed by atoms with Gasteiger partial charge in [-0.05, 0) is 24.6 Å². The minimum Gasteiger partial charge on any atom is -0.477 e. The first-order valence-corrected chi connectivity index (χ1v) is 6.27. The maximum absolute atomic E-state index is 11.2. The number of nitrogens with one attached hydrogen (secondary N) is 1. The fraction of sp³-hybridized carbons (Fsp3) is 0.231. The molecule has 0 bridgehead atoms. The molecule has 5 nitrogen and oxygen atoms in total. The molecule has 19 heavy (non-hydrogen) atoms. The Morgan fingerprint density at radius 3 is 2.79 bits per heavy atom. The molecule has 0 saturated carbocycles. The van der Waals surface area contributed by atoms with E-state index in [4.69, 9.17) is 11.6 Å². The van der Waals surface area contributed by atoms with Crippen molar-refractivity contribution in [2.75, 3.05) is 5.32 Å². The van der Waals surface area contributed by atoms with Crippen LogP contribution >= 0.6 is 11.6 Å². The number of carbonyl (C=O) groups is 1. The maximum atomic E-state index is 11.2. The van der Waals surface area contributed by atoms with Crippen molar-refractivity contribution in [1.82, 2.24) is 9.78 Å². The first-order chi connectivity index (χ1) is 9.06. The molecule has 0 fully saturated rings. The van der Waals surface area contributed by atoms with Crippen LogP contribution in [0.1, 0.15) is 27.7 Å². The summed E-state index contributed by atoms with van der Waals surface area (Å²) in [5.74, 6) is -0.382. The summed E-state index contributed by atoms with van der Waals surface area (Å²) in [6.45, 7) is 2.32. The summed E-state index contributed by atoms with van der Waals surface area (Å²) in [5.41, 5.74) is 1.84. The van der Waals surface area contributed by atoms with Crippen molar-refractivity contribution in [3.05, 3.63) is 46.1 Å². The van der Waals surface area contributed by atoms with E-state index in [-0.39, 0.29) is 11.6 Å². The van der Waals surface area contributed by atoms with Crippen LogP contribution in [0, 0.1) is 6.92 Å². The smallest absolute Gasteiger partial charge is 0.341 e. The van der Waals surface area contributed by atoms with Gasteiger partial charge in [0, 0.05) is 5.02 Å². The molecule has 6 heteroatoms. The molecule has 2 heterocycles. The maximum Gasteiger partial charge on any atom is 0.341 e. The number of hydrogen-bond acceptors (Lipinski definition) is 3. The Morgan fingerprint density at radius 2 is 2.16 bits per heavy atom. The summed E-state index contributed by atoms with van der Waals surface area (Å²) in [7, 11) is 0. The predicted molar refractivity (Wildman–Crippen MR) is 71.7 cm³/mol. The van der Waals surface area contributed by atoms with Gasteiger partial charge in [0.25, 0.3) is 0 Å². The summed E-state index contributed by atoms with van der Waals surface area (Å²) in [6, 6.07) is 7.53. The van der Waals surface area contributed by atoms with Crippen molar-refractivity contribution in [2.45, 2.75) is 19.5 Å². The lowest BCUT2D eigenvalue weighted by molar-refractivity contribution is 0.0697. The van der Waals surface area contributed by atoms with E-state index in [9.17, 15) is 9.90 Å². The number of aryl methyl sites for hydroxylation is 1. The van der Waals surface area contributed by atoms with Crippen LogP contribution in [-0.2, 0) is 6.54 Å². The van der Waals surface area contributed by atoms with E-state index in [0.717, 1.165) is 5.56 Å². The quantitative estimate of drug-likeness (QED) is 0.886. The van der Waals surface area contributed by atoms with Crippen LogP contribution in [0.4, 0.5) is 5.82 Å². The monoisotopic (exact) mass is 277 g/mol. The van der Waals surface area contributed by atoms with Crippen molar-refractivity contribution in [1.29, 1.82) is 0 Å². The van der Waals surface area contributed by atoms with Gasteiger partial charge in [-0.25, -0.2) is 9.48 Å². The molecule has 2 aromatic rings. The molecule has 0 saturated heterocycles. The molecular weight excluding hydrogens is 266 g/mol. The topological polar surface area (TPSA) is 67.2 Å². The number of rotatable bonds is 2. The number of carboxylic acid groups (broad SMARTS) is 1. The molecule has 1 atom stereocenters. The standard InChI is InChI=1S/C13H12ClN3O2/c1-7-11(13(18)19)12-15-10(6-17(12)16-7)8-2-4-9(14)5-3-8/h2-5,10,15H,6H2,1H3,(H,18,19)/t10-/m1/s1. The third kappa shape index (κ3) is 1.96. The van der Waals surface area contributed by atoms with Crippen molar-refractivity contribution in [3.63, 3.8) is 0 Å². The van der Waals surface area contributed by atoms with Gasteiger partial charge < -0.3 is 10.4 Å². The van der Waals surface area contributed by atoms with E-state index >= 15 is 0 Å². The lowest BCUT2D eigenvalue weighted by Crippen LogP contribution is -2.09. The van der Waals surface area contributed by atoms with Crippen LogP contribution in [0.15, 0.2) is 24.3 Å². The van der Waals surface area contributed by atoms with E-state index in [2.05, 4.69) is 10.4 Å². The first-order valence-electron chi connectivity index (χ1n) is 5.89. The Labute approximate surface area is 114 Å². The molecule has 1 aromatic heterocycles. The lowest BCUT2D eigenvalue weighted by atomic mass is 10.1. The van der Waals surface area contributed by atoms with Crippen LogP contribution in [0.3, 0.4) is 0 Å². The van der Waals surface area contributed by atoms with Gasteiger partial charge >= 0.3 is 5.97 Å². The largest absolute Gasteiger partial charge is 0.477 e. The Balaban J connectivity index is 1.92. The number of fused-ring (bicyclic) bond motifs is 1. The van der Waals surface area contributed by atoms with Gasteiger partial charge in [0.05, 0.1) is 18.3 Å².